The van der Waals surface area contributed by atoms with E-state index in [0.717, 1.165) is 0 Å². The molecule has 1 aromatic rings. The van der Waals surface area contributed by atoms with Crippen molar-refractivity contribution in [1.29, 1.82) is 0 Å². The van der Waals surface area contributed by atoms with Crippen LogP contribution in [0.2, 0.25) is 5.15 Å². The van der Waals surface area contributed by atoms with Crippen LogP contribution in [0.3, 0.4) is 0 Å². The van der Waals surface area contributed by atoms with Crippen molar-refractivity contribution in [3.05, 3.63) is 29.0 Å². The molecule has 94 valence electrons. The van der Waals surface area contributed by atoms with E-state index in [0.29, 0.717) is 23.9 Å². The van der Waals surface area contributed by atoms with Crippen LogP contribution in [0.15, 0.2) is 18.3 Å². The van der Waals surface area contributed by atoms with Gasteiger partial charge in [-0.15, -0.1) is 0 Å². The van der Waals surface area contributed by atoms with E-state index in [4.69, 9.17) is 16.3 Å². The van der Waals surface area contributed by atoms with Crippen molar-refractivity contribution in [1.82, 2.24) is 10.3 Å². The van der Waals surface area contributed by atoms with E-state index in [-0.39, 0.29) is 11.5 Å². The largest absolute Gasteiger partial charge is 0.374 e. The molecule has 0 bridgehead atoms. The van der Waals surface area contributed by atoms with Crippen molar-refractivity contribution in [3.63, 3.8) is 0 Å². The fraction of sp³-hybridized carbons (Fsp3) is 0.500. The summed E-state index contributed by atoms with van der Waals surface area (Å²) in [4.78, 5) is 15.6. The Balaban J connectivity index is 2.53. The first-order valence-electron chi connectivity index (χ1n) is 5.48. The molecule has 0 unspecified atom stereocenters. The Morgan fingerprint density at radius 1 is 1.53 bits per heavy atom. The fourth-order valence-electron chi connectivity index (χ4n) is 1.35. The zero-order chi connectivity index (χ0) is 12.9. The lowest BCUT2D eigenvalue weighted by Crippen LogP contribution is -2.40. The Kier molecular flexibility index (Phi) is 4.90. The number of rotatable bonds is 5. The van der Waals surface area contributed by atoms with Gasteiger partial charge in [0.05, 0.1) is 11.2 Å². The molecule has 1 amide bonds. The summed E-state index contributed by atoms with van der Waals surface area (Å²) in [5.41, 5.74) is 0.117. The van der Waals surface area contributed by atoms with Gasteiger partial charge in [-0.05, 0) is 32.9 Å². The lowest BCUT2D eigenvalue weighted by Gasteiger charge is -2.24. The molecule has 0 spiro atoms. The zero-order valence-electron chi connectivity index (χ0n) is 10.3. The summed E-state index contributed by atoms with van der Waals surface area (Å²) >= 11 is 5.64. The van der Waals surface area contributed by atoms with Gasteiger partial charge in [0.2, 0.25) is 0 Å². The third-order valence-corrected chi connectivity index (χ3v) is 2.42. The number of nitrogens with zero attached hydrogens (tertiary/aromatic N) is 1. The summed E-state index contributed by atoms with van der Waals surface area (Å²) in [5, 5.41) is 3.17. The molecule has 0 aliphatic rings. The summed E-state index contributed by atoms with van der Waals surface area (Å²) in [6.45, 7) is 6.84. The second-order valence-electron chi connectivity index (χ2n) is 4.24. The minimum Gasteiger partial charge on any atom is -0.374 e. The first kappa shape index (κ1) is 13.9. The van der Waals surface area contributed by atoms with Crippen LogP contribution in [-0.2, 0) is 4.74 Å². The van der Waals surface area contributed by atoms with E-state index >= 15 is 0 Å². The molecular weight excluding hydrogens is 240 g/mol. The predicted octanol–water partition coefficient (Wildman–Crippen LogP) is 2.28. The highest BCUT2D eigenvalue weighted by Gasteiger charge is 2.18. The second-order valence-corrected chi connectivity index (χ2v) is 4.63. The summed E-state index contributed by atoms with van der Waals surface area (Å²) in [6.07, 6.45) is 1.45. The van der Waals surface area contributed by atoms with Crippen LogP contribution < -0.4 is 5.32 Å². The number of amides is 1. The van der Waals surface area contributed by atoms with Crippen LogP contribution in [0.5, 0.6) is 0 Å². The Bertz CT molecular complexity index is 377. The second kappa shape index (κ2) is 5.98. The van der Waals surface area contributed by atoms with Gasteiger partial charge in [-0.2, -0.15) is 0 Å². The lowest BCUT2D eigenvalue weighted by atomic mass is 10.1. The zero-order valence-corrected chi connectivity index (χ0v) is 11.0. The maximum Gasteiger partial charge on any atom is 0.252 e. The molecule has 0 saturated heterocycles. The van der Waals surface area contributed by atoms with Crippen LogP contribution >= 0.6 is 11.6 Å². The van der Waals surface area contributed by atoms with Gasteiger partial charge >= 0.3 is 0 Å². The van der Waals surface area contributed by atoms with E-state index in [9.17, 15) is 4.79 Å². The van der Waals surface area contributed by atoms with E-state index in [2.05, 4.69) is 10.3 Å². The van der Waals surface area contributed by atoms with Gasteiger partial charge in [-0.25, -0.2) is 4.98 Å². The van der Waals surface area contributed by atoms with Crippen molar-refractivity contribution in [2.45, 2.75) is 26.4 Å². The minimum absolute atomic E-state index is 0.179. The van der Waals surface area contributed by atoms with Crippen LogP contribution in [0.1, 0.15) is 31.1 Å². The maximum atomic E-state index is 11.8. The van der Waals surface area contributed by atoms with Crippen LogP contribution in [0, 0.1) is 0 Å². The predicted molar refractivity (Wildman–Crippen MR) is 67.3 cm³/mol. The summed E-state index contributed by atoms with van der Waals surface area (Å²) in [5.74, 6) is -0.179. The molecule has 0 aromatic carbocycles. The van der Waals surface area contributed by atoms with E-state index in [1.54, 1.807) is 12.1 Å². The monoisotopic (exact) mass is 256 g/mol. The van der Waals surface area contributed by atoms with Crippen LogP contribution in [0.4, 0.5) is 0 Å². The molecule has 0 atom stereocenters. The van der Waals surface area contributed by atoms with Crippen molar-refractivity contribution >= 4 is 17.5 Å². The third kappa shape index (κ3) is 4.71. The molecule has 0 aliphatic carbocycles. The molecule has 5 heteroatoms. The maximum absolute atomic E-state index is 11.8. The van der Waals surface area contributed by atoms with Gasteiger partial charge in [0.1, 0.15) is 5.15 Å². The number of carbonyl (C=O) groups excluding carboxylic acids is 1. The van der Waals surface area contributed by atoms with Gasteiger partial charge < -0.3 is 10.1 Å². The van der Waals surface area contributed by atoms with Crippen molar-refractivity contribution < 1.29 is 9.53 Å². The Morgan fingerprint density at radius 3 is 2.76 bits per heavy atom. The van der Waals surface area contributed by atoms with Crippen molar-refractivity contribution in [2.75, 3.05) is 13.2 Å². The number of ether oxygens (including phenoxy) is 1. The first-order valence-corrected chi connectivity index (χ1v) is 5.86. The molecule has 1 N–H and O–H groups in total. The van der Waals surface area contributed by atoms with Gasteiger partial charge in [0, 0.05) is 19.3 Å². The highest BCUT2D eigenvalue weighted by Crippen LogP contribution is 2.08. The molecule has 1 aromatic heterocycles. The molecule has 0 fully saturated rings. The van der Waals surface area contributed by atoms with Gasteiger partial charge in [0.25, 0.3) is 5.91 Å². The quantitative estimate of drug-likeness (QED) is 0.823. The number of hydrogen-bond acceptors (Lipinski definition) is 3. The number of halogens is 1. The third-order valence-electron chi connectivity index (χ3n) is 2.20. The number of pyridine rings is 1. The summed E-state index contributed by atoms with van der Waals surface area (Å²) in [6, 6.07) is 3.22. The van der Waals surface area contributed by atoms with Crippen LogP contribution in [0.25, 0.3) is 0 Å². The molecule has 0 saturated carbocycles. The van der Waals surface area contributed by atoms with Gasteiger partial charge in [-0.3, -0.25) is 4.79 Å². The van der Waals surface area contributed by atoms with E-state index in [1.807, 2.05) is 20.8 Å². The SMILES string of the molecule is CCOC(C)(C)CNC(=O)c1ccc(Cl)nc1. The molecule has 1 heterocycles. The summed E-state index contributed by atoms with van der Waals surface area (Å²) < 4.78 is 5.48. The Morgan fingerprint density at radius 2 is 2.24 bits per heavy atom. The highest BCUT2D eigenvalue weighted by atomic mass is 35.5. The molecule has 0 radical (unpaired) electrons. The Labute approximate surface area is 106 Å². The van der Waals surface area contributed by atoms with Gasteiger partial charge in [-0.1, -0.05) is 11.6 Å². The fourth-order valence-corrected chi connectivity index (χ4v) is 1.46. The molecular formula is C12H17ClN2O2. The summed E-state index contributed by atoms with van der Waals surface area (Å²) in [7, 11) is 0. The number of nitrogens with one attached hydrogen (secondary N) is 1. The first-order chi connectivity index (χ1) is 7.94. The van der Waals surface area contributed by atoms with Crippen LogP contribution in [-0.4, -0.2) is 29.6 Å². The average Bonchev–Trinajstić information content (AvgIpc) is 2.27. The standard InChI is InChI=1S/C12H17ClN2O2/c1-4-17-12(2,3)8-15-11(16)9-5-6-10(13)14-7-9/h5-7H,4,8H2,1-3H3,(H,15,16). The Hall–Kier alpha value is -1.13. The number of carbonyl (C=O) groups is 1. The van der Waals surface area contributed by atoms with E-state index < -0.39 is 0 Å². The molecule has 1 rings (SSSR count). The number of hydrogen-bond donors (Lipinski definition) is 1. The highest BCUT2D eigenvalue weighted by molar-refractivity contribution is 6.29. The van der Waals surface area contributed by atoms with E-state index in [1.165, 1.54) is 6.20 Å². The molecule has 4 nitrogen and oxygen atoms in total. The van der Waals surface area contributed by atoms with Crippen molar-refractivity contribution in [2.24, 2.45) is 0 Å². The average molecular weight is 257 g/mol. The lowest BCUT2D eigenvalue weighted by molar-refractivity contribution is -0.00815. The smallest absolute Gasteiger partial charge is 0.252 e. The normalized spacial score (nSPS) is 11.3. The number of aromatic nitrogens is 1. The molecule has 17 heavy (non-hydrogen) atoms. The minimum atomic E-state index is -0.371. The molecule has 0 aliphatic heterocycles. The van der Waals surface area contributed by atoms with Gasteiger partial charge in [0.15, 0.2) is 0 Å². The van der Waals surface area contributed by atoms with Crippen molar-refractivity contribution in [3.8, 4) is 0 Å². The topological polar surface area (TPSA) is 51.2 Å².